The van der Waals surface area contributed by atoms with E-state index in [1.54, 1.807) is 12.4 Å². The Labute approximate surface area is 171 Å². The number of nitrogens with zero attached hydrogens (tertiary/aromatic N) is 3. The molecule has 0 amide bonds. The number of aromatic nitrogens is 3. The summed E-state index contributed by atoms with van der Waals surface area (Å²) in [5, 5.41) is 15.1. The summed E-state index contributed by atoms with van der Waals surface area (Å²) >= 11 is 3.42. The Kier molecular flexibility index (Phi) is 5.32. The van der Waals surface area contributed by atoms with Crippen molar-refractivity contribution in [2.24, 2.45) is 0 Å². The molecular formula is C22H19BrN4O. The van der Waals surface area contributed by atoms with Crippen molar-refractivity contribution in [2.75, 3.05) is 5.32 Å². The van der Waals surface area contributed by atoms with Gasteiger partial charge in [0.2, 0.25) is 0 Å². The van der Waals surface area contributed by atoms with E-state index in [2.05, 4.69) is 31.2 Å². The predicted octanol–water partition coefficient (Wildman–Crippen LogP) is 4.99. The summed E-state index contributed by atoms with van der Waals surface area (Å²) in [6.07, 6.45) is 2.77. The number of aliphatic hydroxyl groups is 1. The number of anilines is 1. The first-order valence-corrected chi connectivity index (χ1v) is 9.78. The summed E-state index contributed by atoms with van der Waals surface area (Å²) in [5.41, 5.74) is 2.58. The summed E-state index contributed by atoms with van der Waals surface area (Å²) < 4.78 is 0.979. The summed E-state index contributed by atoms with van der Waals surface area (Å²) in [4.78, 5) is 13.5. The zero-order valence-corrected chi connectivity index (χ0v) is 16.8. The van der Waals surface area contributed by atoms with Gasteiger partial charge in [-0.2, -0.15) is 0 Å². The standard InChI is InChI=1S/C22H19BrN4O/c1-14(20(28)15-6-8-17(23)9-7-15)25-22-18-4-2-3-5-19(18)26-21(27-22)16-10-12-24-13-11-16/h2-14,20,28H,1H3,(H,25,26,27)/t14-,20-/m1/s1. The van der Waals surface area contributed by atoms with Gasteiger partial charge in [-0.05, 0) is 48.9 Å². The monoisotopic (exact) mass is 434 g/mol. The van der Waals surface area contributed by atoms with E-state index in [9.17, 15) is 5.11 Å². The molecule has 0 bridgehead atoms. The Hall–Kier alpha value is -2.83. The first kappa shape index (κ1) is 18.5. The van der Waals surface area contributed by atoms with Crippen LogP contribution in [0, 0.1) is 0 Å². The topological polar surface area (TPSA) is 70.9 Å². The van der Waals surface area contributed by atoms with Crippen molar-refractivity contribution in [3.05, 3.63) is 83.1 Å². The van der Waals surface area contributed by atoms with Crippen LogP contribution in [0.25, 0.3) is 22.3 Å². The molecule has 140 valence electrons. The lowest BCUT2D eigenvalue weighted by molar-refractivity contribution is 0.160. The smallest absolute Gasteiger partial charge is 0.162 e. The Morgan fingerprint density at radius 3 is 2.39 bits per heavy atom. The number of aliphatic hydroxyl groups excluding tert-OH is 1. The fraction of sp³-hybridized carbons (Fsp3) is 0.136. The number of fused-ring (bicyclic) bond motifs is 1. The molecular weight excluding hydrogens is 416 g/mol. The Balaban J connectivity index is 1.70. The third-order valence-corrected chi connectivity index (χ3v) is 5.12. The van der Waals surface area contributed by atoms with Crippen molar-refractivity contribution in [1.29, 1.82) is 0 Å². The lowest BCUT2D eigenvalue weighted by atomic mass is 10.0. The number of halogens is 1. The minimum Gasteiger partial charge on any atom is -0.386 e. The summed E-state index contributed by atoms with van der Waals surface area (Å²) in [5.74, 6) is 1.31. The third-order valence-electron chi connectivity index (χ3n) is 4.59. The van der Waals surface area contributed by atoms with Crippen LogP contribution in [0.2, 0.25) is 0 Å². The number of hydrogen-bond acceptors (Lipinski definition) is 5. The maximum atomic E-state index is 10.8. The van der Waals surface area contributed by atoms with Crippen LogP contribution in [0.5, 0.6) is 0 Å². The van der Waals surface area contributed by atoms with Gasteiger partial charge in [0.05, 0.1) is 17.7 Å². The molecule has 0 spiro atoms. The van der Waals surface area contributed by atoms with E-state index in [0.29, 0.717) is 11.6 Å². The lowest BCUT2D eigenvalue weighted by Crippen LogP contribution is -2.25. The Morgan fingerprint density at radius 1 is 0.929 bits per heavy atom. The van der Waals surface area contributed by atoms with E-state index in [4.69, 9.17) is 4.98 Å². The van der Waals surface area contributed by atoms with Gasteiger partial charge >= 0.3 is 0 Å². The van der Waals surface area contributed by atoms with Gasteiger partial charge in [-0.25, -0.2) is 9.97 Å². The minimum atomic E-state index is -0.675. The van der Waals surface area contributed by atoms with E-state index in [-0.39, 0.29) is 6.04 Å². The van der Waals surface area contributed by atoms with E-state index in [1.807, 2.05) is 67.6 Å². The SMILES string of the molecule is C[C@@H](Nc1nc(-c2ccncc2)nc2ccccc12)[C@@H](O)c1ccc(Br)cc1. The van der Waals surface area contributed by atoms with Gasteiger partial charge in [-0.15, -0.1) is 0 Å². The van der Waals surface area contributed by atoms with E-state index in [1.165, 1.54) is 0 Å². The average molecular weight is 435 g/mol. The fourth-order valence-electron chi connectivity index (χ4n) is 3.06. The Bertz CT molecular complexity index is 1090. The normalized spacial score (nSPS) is 13.2. The fourth-order valence-corrected chi connectivity index (χ4v) is 3.32. The summed E-state index contributed by atoms with van der Waals surface area (Å²) in [6, 6.07) is 19.0. The molecule has 2 N–H and O–H groups in total. The highest BCUT2D eigenvalue weighted by molar-refractivity contribution is 9.10. The quantitative estimate of drug-likeness (QED) is 0.462. The molecule has 0 radical (unpaired) electrons. The second-order valence-electron chi connectivity index (χ2n) is 6.58. The molecule has 6 heteroatoms. The van der Waals surface area contributed by atoms with Gasteiger partial charge in [-0.1, -0.05) is 40.2 Å². The van der Waals surface area contributed by atoms with E-state index in [0.717, 1.165) is 26.5 Å². The van der Waals surface area contributed by atoms with Crippen LogP contribution >= 0.6 is 15.9 Å². The van der Waals surface area contributed by atoms with Gasteiger partial charge in [0, 0.05) is 27.8 Å². The molecule has 5 nitrogen and oxygen atoms in total. The number of nitrogens with one attached hydrogen (secondary N) is 1. The van der Waals surface area contributed by atoms with Crippen molar-refractivity contribution >= 4 is 32.7 Å². The highest BCUT2D eigenvalue weighted by atomic mass is 79.9. The minimum absolute atomic E-state index is 0.246. The second-order valence-corrected chi connectivity index (χ2v) is 7.49. The van der Waals surface area contributed by atoms with Crippen LogP contribution < -0.4 is 5.32 Å². The zero-order valence-electron chi connectivity index (χ0n) is 15.2. The molecule has 2 atom stereocenters. The molecule has 0 saturated carbocycles. The van der Waals surface area contributed by atoms with Crippen molar-refractivity contribution < 1.29 is 5.11 Å². The molecule has 0 unspecified atom stereocenters. The largest absolute Gasteiger partial charge is 0.386 e. The number of hydrogen-bond donors (Lipinski definition) is 2. The van der Waals surface area contributed by atoms with Gasteiger partial charge < -0.3 is 10.4 Å². The second kappa shape index (κ2) is 8.04. The summed E-state index contributed by atoms with van der Waals surface area (Å²) in [7, 11) is 0. The lowest BCUT2D eigenvalue weighted by Gasteiger charge is -2.22. The maximum absolute atomic E-state index is 10.8. The highest BCUT2D eigenvalue weighted by Gasteiger charge is 2.18. The number of para-hydroxylation sites is 1. The van der Waals surface area contributed by atoms with Crippen LogP contribution in [0.4, 0.5) is 5.82 Å². The van der Waals surface area contributed by atoms with Crippen molar-refractivity contribution in [1.82, 2.24) is 15.0 Å². The molecule has 0 aliphatic rings. The first-order chi connectivity index (χ1) is 13.6. The van der Waals surface area contributed by atoms with Crippen molar-refractivity contribution in [2.45, 2.75) is 19.1 Å². The Morgan fingerprint density at radius 2 is 1.64 bits per heavy atom. The van der Waals surface area contributed by atoms with Crippen molar-refractivity contribution in [3.63, 3.8) is 0 Å². The molecule has 0 aliphatic heterocycles. The van der Waals surface area contributed by atoms with Crippen molar-refractivity contribution in [3.8, 4) is 11.4 Å². The predicted molar refractivity (Wildman–Crippen MR) is 115 cm³/mol. The van der Waals surface area contributed by atoms with Gasteiger partial charge in [0.15, 0.2) is 5.82 Å². The van der Waals surface area contributed by atoms with Crippen LogP contribution in [0.3, 0.4) is 0 Å². The molecule has 0 saturated heterocycles. The maximum Gasteiger partial charge on any atom is 0.162 e. The summed E-state index contributed by atoms with van der Waals surface area (Å²) in [6.45, 7) is 1.94. The third kappa shape index (κ3) is 3.88. The average Bonchev–Trinajstić information content (AvgIpc) is 2.74. The molecule has 0 fully saturated rings. The molecule has 4 rings (SSSR count). The zero-order chi connectivity index (χ0) is 19.5. The molecule has 0 aliphatic carbocycles. The molecule has 2 aromatic carbocycles. The number of rotatable bonds is 5. The molecule has 28 heavy (non-hydrogen) atoms. The van der Waals surface area contributed by atoms with E-state index < -0.39 is 6.10 Å². The molecule has 2 heterocycles. The number of benzene rings is 2. The van der Waals surface area contributed by atoms with Gasteiger partial charge in [0.1, 0.15) is 5.82 Å². The van der Waals surface area contributed by atoms with Gasteiger partial charge in [0.25, 0.3) is 0 Å². The van der Waals surface area contributed by atoms with Gasteiger partial charge in [-0.3, -0.25) is 4.98 Å². The van der Waals surface area contributed by atoms with E-state index >= 15 is 0 Å². The van der Waals surface area contributed by atoms with Crippen LogP contribution in [-0.2, 0) is 0 Å². The van der Waals surface area contributed by atoms with Crippen LogP contribution in [0.1, 0.15) is 18.6 Å². The van der Waals surface area contributed by atoms with Crippen LogP contribution in [0.15, 0.2) is 77.5 Å². The first-order valence-electron chi connectivity index (χ1n) is 8.99. The highest BCUT2D eigenvalue weighted by Crippen LogP contribution is 2.27. The number of pyridine rings is 1. The molecule has 2 aromatic heterocycles. The molecule has 4 aromatic rings. The van der Waals surface area contributed by atoms with Crippen LogP contribution in [-0.4, -0.2) is 26.1 Å².